The van der Waals surface area contributed by atoms with Crippen LogP contribution in [0.2, 0.25) is 0 Å². The smallest absolute Gasteiger partial charge is 0.377 e. The van der Waals surface area contributed by atoms with E-state index in [2.05, 4.69) is 11.9 Å². The van der Waals surface area contributed by atoms with Gasteiger partial charge in [-0.3, -0.25) is 0 Å². The molecule has 0 bridgehead atoms. The van der Waals surface area contributed by atoms with Gasteiger partial charge >= 0.3 is 6.18 Å². The fraction of sp³-hybridized carbons (Fsp3) is 0.143. The summed E-state index contributed by atoms with van der Waals surface area (Å²) >= 11 is 0. The summed E-state index contributed by atoms with van der Waals surface area (Å²) in [4.78, 5) is 0. The van der Waals surface area contributed by atoms with E-state index < -0.39 is 11.7 Å². The summed E-state index contributed by atoms with van der Waals surface area (Å²) in [5.74, 6) is 0. The largest absolute Gasteiger partial charge is 0.418 e. The zero-order chi connectivity index (χ0) is 17.9. The first-order chi connectivity index (χ1) is 12.0. The van der Waals surface area contributed by atoms with E-state index >= 15 is 0 Å². The van der Waals surface area contributed by atoms with E-state index in [-0.39, 0.29) is 11.7 Å². The standard InChI is InChI=1S/C21H18F3N/c1-2-8-19(17-12-7-10-15-9-3-4-11-16(15)17)25-20-14-6-5-13-18(20)21(22,23)24/h2-7,9-14,19,25H,1,8H2. The number of para-hydroxylation sites is 1. The van der Waals surface area contributed by atoms with Crippen LogP contribution in [-0.4, -0.2) is 0 Å². The number of benzene rings is 3. The van der Waals surface area contributed by atoms with Crippen LogP contribution in [0.5, 0.6) is 0 Å². The van der Waals surface area contributed by atoms with Gasteiger partial charge in [0.05, 0.1) is 11.6 Å². The molecule has 3 aromatic rings. The molecular formula is C21H18F3N. The fourth-order valence-electron chi connectivity index (χ4n) is 3.03. The van der Waals surface area contributed by atoms with Crippen LogP contribution in [0.3, 0.4) is 0 Å². The predicted octanol–water partition coefficient (Wildman–Crippen LogP) is 6.59. The van der Waals surface area contributed by atoms with Crippen LogP contribution in [-0.2, 0) is 6.18 Å². The van der Waals surface area contributed by atoms with Gasteiger partial charge in [0.15, 0.2) is 0 Å². The lowest BCUT2D eigenvalue weighted by Gasteiger charge is -2.23. The van der Waals surface area contributed by atoms with Gasteiger partial charge in [-0.2, -0.15) is 13.2 Å². The molecular weight excluding hydrogens is 323 g/mol. The van der Waals surface area contributed by atoms with Crippen LogP contribution < -0.4 is 5.32 Å². The van der Waals surface area contributed by atoms with E-state index in [0.717, 1.165) is 22.4 Å². The summed E-state index contributed by atoms with van der Waals surface area (Å²) in [6, 6.07) is 19.0. The highest BCUT2D eigenvalue weighted by Crippen LogP contribution is 2.37. The fourth-order valence-corrected chi connectivity index (χ4v) is 3.03. The Morgan fingerprint density at radius 3 is 2.36 bits per heavy atom. The topological polar surface area (TPSA) is 12.0 Å². The van der Waals surface area contributed by atoms with Gasteiger partial charge in [0.25, 0.3) is 0 Å². The van der Waals surface area contributed by atoms with E-state index in [9.17, 15) is 13.2 Å². The highest BCUT2D eigenvalue weighted by molar-refractivity contribution is 5.86. The van der Waals surface area contributed by atoms with Crippen molar-refractivity contribution in [3.8, 4) is 0 Å². The third-order valence-corrected chi connectivity index (χ3v) is 4.16. The number of nitrogens with one attached hydrogen (secondary N) is 1. The Kier molecular flexibility index (Phi) is 4.79. The molecule has 0 spiro atoms. The third-order valence-electron chi connectivity index (χ3n) is 4.16. The molecule has 1 N–H and O–H groups in total. The Balaban J connectivity index is 2.05. The van der Waals surface area contributed by atoms with Crippen LogP contribution in [0, 0.1) is 0 Å². The van der Waals surface area contributed by atoms with Crippen LogP contribution in [0.1, 0.15) is 23.6 Å². The normalized spacial score (nSPS) is 12.8. The lowest BCUT2D eigenvalue weighted by atomic mass is 9.96. The van der Waals surface area contributed by atoms with Crippen molar-refractivity contribution in [1.82, 2.24) is 0 Å². The molecule has 0 saturated heterocycles. The summed E-state index contributed by atoms with van der Waals surface area (Å²) in [6.45, 7) is 3.76. The molecule has 3 rings (SSSR count). The molecule has 0 aliphatic heterocycles. The average molecular weight is 341 g/mol. The van der Waals surface area contributed by atoms with Crippen LogP contribution >= 0.6 is 0 Å². The number of fused-ring (bicyclic) bond motifs is 1. The number of anilines is 1. The van der Waals surface area contributed by atoms with Gasteiger partial charge < -0.3 is 5.32 Å². The number of hydrogen-bond acceptors (Lipinski definition) is 1. The van der Waals surface area contributed by atoms with E-state index in [1.54, 1.807) is 12.1 Å². The minimum absolute atomic E-state index is 0.0785. The highest BCUT2D eigenvalue weighted by Gasteiger charge is 2.33. The SMILES string of the molecule is C=CCC(Nc1ccccc1C(F)(F)F)c1cccc2ccccc12. The van der Waals surface area contributed by atoms with E-state index in [1.165, 1.54) is 12.1 Å². The third kappa shape index (κ3) is 3.68. The number of rotatable bonds is 5. The minimum atomic E-state index is -4.40. The molecule has 25 heavy (non-hydrogen) atoms. The average Bonchev–Trinajstić information content (AvgIpc) is 2.60. The number of hydrogen-bond donors (Lipinski definition) is 1. The number of halogens is 3. The predicted molar refractivity (Wildman–Crippen MR) is 96.6 cm³/mol. The zero-order valence-electron chi connectivity index (χ0n) is 13.6. The van der Waals surface area contributed by atoms with Crippen molar-refractivity contribution in [3.05, 3.63) is 90.5 Å². The maximum Gasteiger partial charge on any atom is 0.418 e. The summed E-state index contributed by atoms with van der Waals surface area (Å²) in [6.07, 6.45) is -2.17. The minimum Gasteiger partial charge on any atom is -0.377 e. The van der Waals surface area contributed by atoms with E-state index in [0.29, 0.717) is 6.42 Å². The van der Waals surface area contributed by atoms with Crippen molar-refractivity contribution in [1.29, 1.82) is 0 Å². The molecule has 0 aliphatic carbocycles. The number of alkyl halides is 3. The van der Waals surface area contributed by atoms with Gasteiger partial charge in [-0.25, -0.2) is 0 Å². The van der Waals surface area contributed by atoms with Gasteiger partial charge in [0.1, 0.15) is 0 Å². The molecule has 1 unspecified atom stereocenters. The molecule has 0 fully saturated rings. The molecule has 3 aromatic carbocycles. The molecule has 1 nitrogen and oxygen atoms in total. The lowest BCUT2D eigenvalue weighted by molar-refractivity contribution is -0.137. The highest BCUT2D eigenvalue weighted by atomic mass is 19.4. The van der Waals surface area contributed by atoms with Gasteiger partial charge in [-0.1, -0.05) is 60.7 Å². The van der Waals surface area contributed by atoms with Crippen molar-refractivity contribution in [3.63, 3.8) is 0 Å². The molecule has 4 heteroatoms. The van der Waals surface area contributed by atoms with E-state index in [1.807, 2.05) is 42.5 Å². The van der Waals surface area contributed by atoms with Crippen LogP contribution in [0.15, 0.2) is 79.4 Å². The molecule has 0 aliphatic rings. The van der Waals surface area contributed by atoms with Crippen molar-refractivity contribution >= 4 is 16.5 Å². The molecule has 128 valence electrons. The Morgan fingerprint density at radius 2 is 1.60 bits per heavy atom. The molecule has 0 radical (unpaired) electrons. The van der Waals surface area contributed by atoms with Crippen molar-refractivity contribution in [2.45, 2.75) is 18.6 Å². The van der Waals surface area contributed by atoms with Gasteiger partial charge in [0.2, 0.25) is 0 Å². The van der Waals surface area contributed by atoms with Crippen LogP contribution in [0.25, 0.3) is 10.8 Å². The maximum absolute atomic E-state index is 13.3. The Morgan fingerprint density at radius 1 is 0.920 bits per heavy atom. The Hall–Kier alpha value is -2.75. The maximum atomic E-state index is 13.3. The summed E-state index contributed by atoms with van der Waals surface area (Å²) in [7, 11) is 0. The zero-order valence-corrected chi connectivity index (χ0v) is 13.6. The first kappa shape index (κ1) is 17.1. The molecule has 0 heterocycles. The molecule has 1 atom stereocenters. The monoisotopic (exact) mass is 341 g/mol. The van der Waals surface area contributed by atoms with Gasteiger partial charge in [-0.15, -0.1) is 6.58 Å². The summed E-state index contributed by atoms with van der Waals surface area (Å²) in [5.41, 5.74) is 0.370. The quantitative estimate of drug-likeness (QED) is 0.516. The first-order valence-electron chi connectivity index (χ1n) is 8.02. The van der Waals surface area contributed by atoms with Crippen molar-refractivity contribution in [2.75, 3.05) is 5.32 Å². The molecule has 0 amide bonds. The first-order valence-corrected chi connectivity index (χ1v) is 8.02. The second-order valence-corrected chi connectivity index (χ2v) is 5.83. The van der Waals surface area contributed by atoms with Gasteiger partial charge in [0, 0.05) is 5.69 Å². The second kappa shape index (κ2) is 7.01. The lowest BCUT2D eigenvalue weighted by Crippen LogP contribution is -2.15. The van der Waals surface area contributed by atoms with Crippen LogP contribution in [0.4, 0.5) is 18.9 Å². The van der Waals surface area contributed by atoms with Crippen molar-refractivity contribution in [2.24, 2.45) is 0 Å². The van der Waals surface area contributed by atoms with Crippen molar-refractivity contribution < 1.29 is 13.2 Å². The summed E-state index contributed by atoms with van der Waals surface area (Å²) in [5, 5.41) is 5.15. The van der Waals surface area contributed by atoms with Gasteiger partial charge in [-0.05, 0) is 34.9 Å². The summed E-state index contributed by atoms with van der Waals surface area (Å²) < 4.78 is 39.8. The second-order valence-electron chi connectivity index (χ2n) is 5.83. The molecule has 0 aromatic heterocycles. The van der Waals surface area contributed by atoms with E-state index in [4.69, 9.17) is 0 Å². The Bertz CT molecular complexity index is 878. The molecule has 0 saturated carbocycles. The Labute approximate surface area is 144 Å².